The molecule has 0 spiro atoms. The van der Waals surface area contributed by atoms with E-state index in [2.05, 4.69) is 42.6 Å². The summed E-state index contributed by atoms with van der Waals surface area (Å²) in [7, 11) is 0. The van der Waals surface area contributed by atoms with E-state index in [-0.39, 0.29) is 11.5 Å². The van der Waals surface area contributed by atoms with Crippen molar-refractivity contribution in [3.8, 4) is 5.69 Å². The molecule has 0 aromatic carbocycles. The van der Waals surface area contributed by atoms with Gasteiger partial charge in [0.25, 0.3) is 0 Å². The maximum atomic E-state index is 10.3. The first kappa shape index (κ1) is 12.4. The topological polar surface area (TPSA) is 38.0 Å². The van der Waals surface area contributed by atoms with Crippen LogP contribution in [-0.2, 0) is 6.42 Å². The minimum absolute atomic E-state index is 0.142. The smallest absolute Gasteiger partial charge is 0.0812 e. The Morgan fingerprint density at radius 3 is 2.89 bits per heavy atom. The van der Waals surface area contributed by atoms with Crippen LogP contribution in [-0.4, -0.2) is 14.7 Å². The van der Waals surface area contributed by atoms with Gasteiger partial charge in [-0.3, -0.25) is 4.98 Å². The van der Waals surface area contributed by atoms with Crippen molar-refractivity contribution in [2.75, 3.05) is 0 Å². The number of hydrogen-bond acceptors (Lipinski definition) is 2. The first-order valence-corrected chi connectivity index (χ1v) is 6.77. The van der Waals surface area contributed by atoms with Crippen LogP contribution < -0.4 is 0 Å². The number of aliphatic hydroxyl groups excluding tert-OH is 1. The first-order chi connectivity index (χ1) is 8.98. The van der Waals surface area contributed by atoms with Gasteiger partial charge in [-0.1, -0.05) is 13.8 Å². The predicted molar refractivity (Wildman–Crippen MR) is 75.4 cm³/mol. The molecule has 1 N–H and O–H groups in total. The van der Waals surface area contributed by atoms with E-state index in [1.807, 2.05) is 18.5 Å². The molecular weight excluding hydrogens is 236 g/mol. The Morgan fingerprint density at radius 1 is 1.37 bits per heavy atom. The van der Waals surface area contributed by atoms with E-state index in [0.29, 0.717) is 0 Å². The number of pyridine rings is 1. The van der Waals surface area contributed by atoms with E-state index in [0.717, 1.165) is 29.7 Å². The van der Waals surface area contributed by atoms with Gasteiger partial charge in [0, 0.05) is 29.8 Å². The standard InChI is InChI=1S/C16H20N2O/c1-11-10-17-6-4-13(11)18-7-5-12-14(18)8-16(2,3)9-15(12)19/h4-7,10,15,19H,8-9H2,1-3H3. The fourth-order valence-electron chi connectivity index (χ4n) is 3.09. The van der Waals surface area contributed by atoms with Crippen molar-refractivity contribution < 1.29 is 5.11 Å². The molecular formula is C16H20N2O. The predicted octanol–water partition coefficient (Wildman–Crippen LogP) is 3.19. The Hall–Kier alpha value is -1.61. The molecule has 1 atom stereocenters. The summed E-state index contributed by atoms with van der Waals surface area (Å²) >= 11 is 0. The van der Waals surface area contributed by atoms with Crippen LogP contribution in [0.25, 0.3) is 5.69 Å². The Kier molecular flexibility index (Phi) is 2.75. The highest BCUT2D eigenvalue weighted by atomic mass is 16.3. The second kappa shape index (κ2) is 4.20. The molecule has 3 heteroatoms. The molecule has 0 saturated heterocycles. The quantitative estimate of drug-likeness (QED) is 0.851. The zero-order valence-electron chi connectivity index (χ0n) is 11.7. The minimum atomic E-state index is -0.345. The van der Waals surface area contributed by atoms with Crippen molar-refractivity contribution in [3.63, 3.8) is 0 Å². The maximum Gasteiger partial charge on any atom is 0.0812 e. The van der Waals surface area contributed by atoms with Crippen molar-refractivity contribution in [2.45, 2.75) is 39.7 Å². The second-order valence-electron chi connectivity index (χ2n) is 6.31. The van der Waals surface area contributed by atoms with Crippen LogP contribution in [0.1, 0.15) is 43.2 Å². The summed E-state index contributed by atoms with van der Waals surface area (Å²) in [5, 5.41) is 10.3. The van der Waals surface area contributed by atoms with E-state index in [1.165, 1.54) is 5.69 Å². The zero-order valence-corrected chi connectivity index (χ0v) is 11.7. The molecule has 0 saturated carbocycles. The molecule has 0 aliphatic heterocycles. The summed E-state index contributed by atoms with van der Waals surface area (Å²) in [4.78, 5) is 4.15. The molecule has 100 valence electrons. The summed E-state index contributed by atoms with van der Waals surface area (Å²) in [5.41, 5.74) is 4.76. The third-order valence-corrected chi connectivity index (χ3v) is 4.03. The average molecular weight is 256 g/mol. The second-order valence-corrected chi connectivity index (χ2v) is 6.31. The number of aryl methyl sites for hydroxylation is 1. The minimum Gasteiger partial charge on any atom is -0.388 e. The molecule has 3 rings (SSSR count). The third kappa shape index (κ3) is 2.08. The largest absolute Gasteiger partial charge is 0.388 e. The molecule has 1 aliphatic carbocycles. The molecule has 19 heavy (non-hydrogen) atoms. The van der Waals surface area contributed by atoms with E-state index in [9.17, 15) is 5.11 Å². The summed E-state index contributed by atoms with van der Waals surface area (Å²) in [5.74, 6) is 0. The lowest BCUT2D eigenvalue weighted by Crippen LogP contribution is -2.26. The van der Waals surface area contributed by atoms with Crippen LogP contribution >= 0.6 is 0 Å². The van der Waals surface area contributed by atoms with E-state index in [1.54, 1.807) is 0 Å². The maximum absolute atomic E-state index is 10.3. The van der Waals surface area contributed by atoms with Crippen LogP contribution in [0.5, 0.6) is 0 Å². The van der Waals surface area contributed by atoms with E-state index >= 15 is 0 Å². The van der Waals surface area contributed by atoms with E-state index < -0.39 is 0 Å². The van der Waals surface area contributed by atoms with Crippen molar-refractivity contribution in [2.24, 2.45) is 5.41 Å². The van der Waals surface area contributed by atoms with Gasteiger partial charge in [-0.2, -0.15) is 0 Å². The lowest BCUT2D eigenvalue weighted by Gasteiger charge is -2.34. The van der Waals surface area contributed by atoms with Crippen molar-refractivity contribution in [1.29, 1.82) is 0 Å². The Labute approximate surface area is 113 Å². The van der Waals surface area contributed by atoms with Gasteiger partial charge in [0.2, 0.25) is 0 Å². The molecule has 1 aliphatic rings. The number of fused-ring (bicyclic) bond motifs is 1. The number of hydrogen-bond donors (Lipinski definition) is 1. The molecule has 3 nitrogen and oxygen atoms in total. The van der Waals surface area contributed by atoms with Crippen LogP contribution in [0.4, 0.5) is 0 Å². The molecule has 2 aromatic heterocycles. The Bertz CT molecular complexity index is 613. The van der Waals surface area contributed by atoms with Crippen molar-refractivity contribution in [3.05, 3.63) is 47.5 Å². The number of rotatable bonds is 1. The number of nitrogens with zero attached hydrogens (tertiary/aromatic N) is 2. The van der Waals surface area contributed by atoms with Gasteiger partial charge < -0.3 is 9.67 Å². The fourth-order valence-corrected chi connectivity index (χ4v) is 3.09. The highest BCUT2D eigenvalue weighted by Crippen LogP contribution is 2.41. The lowest BCUT2D eigenvalue weighted by atomic mass is 9.75. The van der Waals surface area contributed by atoms with Crippen molar-refractivity contribution >= 4 is 0 Å². The van der Waals surface area contributed by atoms with Crippen LogP contribution in [0.15, 0.2) is 30.7 Å². The molecule has 0 amide bonds. The normalized spacial score (nSPS) is 21.2. The highest BCUT2D eigenvalue weighted by molar-refractivity contribution is 5.44. The average Bonchev–Trinajstić information content (AvgIpc) is 2.72. The first-order valence-electron chi connectivity index (χ1n) is 6.77. The van der Waals surface area contributed by atoms with Gasteiger partial charge in [0.15, 0.2) is 0 Å². The van der Waals surface area contributed by atoms with E-state index in [4.69, 9.17) is 0 Å². The third-order valence-electron chi connectivity index (χ3n) is 4.03. The zero-order chi connectivity index (χ0) is 13.6. The van der Waals surface area contributed by atoms with Crippen LogP contribution in [0, 0.1) is 12.3 Å². The van der Waals surface area contributed by atoms with Gasteiger partial charge in [-0.15, -0.1) is 0 Å². The van der Waals surface area contributed by atoms with Gasteiger partial charge in [-0.25, -0.2) is 0 Å². The van der Waals surface area contributed by atoms with Gasteiger partial charge in [-0.05, 0) is 42.9 Å². The molecule has 0 fully saturated rings. The Morgan fingerprint density at radius 2 is 2.16 bits per heavy atom. The molecule has 0 bridgehead atoms. The van der Waals surface area contributed by atoms with Gasteiger partial charge in [0.05, 0.1) is 11.8 Å². The number of aliphatic hydroxyl groups is 1. The lowest BCUT2D eigenvalue weighted by molar-refractivity contribution is 0.0987. The van der Waals surface area contributed by atoms with Crippen molar-refractivity contribution in [1.82, 2.24) is 9.55 Å². The Balaban J connectivity index is 2.14. The summed E-state index contributed by atoms with van der Waals surface area (Å²) in [6.45, 7) is 6.50. The summed E-state index contributed by atoms with van der Waals surface area (Å²) in [6, 6.07) is 4.08. The summed E-state index contributed by atoms with van der Waals surface area (Å²) in [6.07, 6.45) is 7.25. The summed E-state index contributed by atoms with van der Waals surface area (Å²) < 4.78 is 2.20. The highest BCUT2D eigenvalue weighted by Gasteiger charge is 2.33. The van der Waals surface area contributed by atoms with Crippen LogP contribution in [0.3, 0.4) is 0 Å². The van der Waals surface area contributed by atoms with Crippen LogP contribution in [0.2, 0.25) is 0 Å². The fraction of sp³-hybridized carbons (Fsp3) is 0.438. The molecule has 2 heterocycles. The SMILES string of the molecule is Cc1cnccc1-n1ccc2c1CC(C)(C)CC2O. The number of aromatic nitrogens is 2. The molecule has 2 aromatic rings. The monoisotopic (exact) mass is 256 g/mol. The van der Waals surface area contributed by atoms with Gasteiger partial charge in [0.1, 0.15) is 0 Å². The van der Waals surface area contributed by atoms with Gasteiger partial charge >= 0.3 is 0 Å². The molecule has 0 radical (unpaired) electrons. The molecule has 1 unspecified atom stereocenters.